The van der Waals surface area contributed by atoms with Crippen molar-refractivity contribution in [1.29, 1.82) is 0 Å². The molecule has 0 aliphatic carbocycles. The zero-order valence-electron chi connectivity index (χ0n) is 40.3. The van der Waals surface area contributed by atoms with Crippen molar-refractivity contribution >= 4 is 11.6 Å². The van der Waals surface area contributed by atoms with Gasteiger partial charge in [0.2, 0.25) is 0 Å². The lowest BCUT2D eigenvalue weighted by molar-refractivity contribution is -0.120. The van der Waals surface area contributed by atoms with E-state index in [1.807, 2.05) is 13.8 Å². The Hall–Kier alpha value is -0.740. The fraction of sp³-hybridized carbons (Fsp3) is 0.960. The zero-order chi connectivity index (χ0) is 42.7. The molecule has 0 saturated heterocycles. The third-order valence-electron chi connectivity index (χ3n) is 12.3. The van der Waals surface area contributed by atoms with Crippen molar-refractivity contribution in [2.24, 2.45) is 21.7 Å². The summed E-state index contributed by atoms with van der Waals surface area (Å²) in [5.74, 6) is 0.864. The second-order valence-corrected chi connectivity index (χ2v) is 19.7. The van der Waals surface area contributed by atoms with Crippen LogP contribution < -0.4 is 0 Å². The molecule has 0 amide bonds. The van der Waals surface area contributed by atoms with Crippen LogP contribution in [0.5, 0.6) is 0 Å². The number of hydrogen-bond acceptors (Lipinski definition) is 4. The molecule has 0 aromatic heterocycles. The number of carbonyl (C=O) groups excluding carboxylic acids is 2. The van der Waals surface area contributed by atoms with Crippen LogP contribution in [0.15, 0.2) is 0 Å². The summed E-state index contributed by atoms with van der Waals surface area (Å²) in [5, 5.41) is 19.0. The highest BCUT2D eigenvalue weighted by Gasteiger charge is 2.18. The standard InChI is InChI=1S/C13H28O.C13H26O.C12H26O.C12H24O/c2*1-5-12(14)10-8-7-9-11-13(3,4)6-2;2*1-5-7-8-11(13)9-10-12(3,4)6-2/h12,14H,5-11H2,1-4H3;5-11H2,1-4H3;11,13H,5-10H2,1-4H3;5-10H2,1-4H3. The van der Waals surface area contributed by atoms with Crippen LogP contribution in [0.4, 0.5) is 0 Å². The van der Waals surface area contributed by atoms with Crippen LogP contribution in [-0.2, 0) is 9.59 Å². The molecule has 2 unspecified atom stereocenters. The quantitative estimate of drug-likeness (QED) is 0.0714. The van der Waals surface area contributed by atoms with Gasteiger partial charge < -0.3 is 10.2 Å². The van der Waals surface area contributed by atoms with Crippen molar-refractivity contribution in [2.45, 2.75) is 290 Å². The van der Waals surface area contributed by atoms with E-state index in [1.165, 1.54) is 70.6 Å². The molecule has 0 fully saturated rings. The smallest absolute Gasteiger partial charge is 0.132 e. The van der Waals surface area contributed by atoms with Gasteiger partial charge in [0, 0.05) is 25.7 Å². The lowest BCUT2D eigenvalue weighted by atomic mass is 9.84. The molecule has 0 radical (unpaired) electrons. The molecule has 2 atom stereocenters. The Balaban J connectivity index is -0.000000309. The summed E-state index contributed by atoms with van der Waals surface area (Å²) in [6.07, 6.45) is 28.4. The van der Waals surface area contributed by atoms with Gasteiger partial charge in [-0.05, 0) is 85.9 Å². The van der Waals surface area contributed by atoms with Crippen LogP contribution >= 0.6 is 0 Å². The van der Waals surface area contributed by atoms with E-state index in [0.29, 0.717) is 39.6 Å². The van der Waals surface area contributed by atoms with Crippen LogP contribution in [0.3, 0.4) is 0 Å². The third-order valence-corrected chi connectivity index (χ3v) is 12.3. The first-order chi connectivity index (χ1) is 25.1. The van der Waals surface area contributed by atoms with Crippen molar-refractivity contribution < 1.29 is 19.8 Å². The molecule has 0 rings (SSSR count). The molecule has 4 nitrogen and oxygen atoms in total. The van der Waals surface area contributed by atoms with Crippen molar-refractivity contribution in [1.82, 2.24) is 0 Å². The second-order valence-electron chi connectivity index (χ2n) is 19.7. The Morgan fingerprint density at radius 3 is 1.24 bits per heavy atom. The van der Waals surface area contributed by atoms with Gasteiger partial charge in [0.1, 0.15) is 11.6 Å². The summed E-state index contributed by atoms with van der Waals surface area (Å²) in [7, 11) is 0. The van der Waals surface area contributed by atoms with E-state index >= 15 is 0 Å². The highest BCUT2D eigenvalue weighted by molar-refractivity contribution is 5.78. The average molecular weight is 769 g/mol. The van der Waals surface area contributed by atoms with Gasteiger partial charge in [0.05, 0.1) is 12.2 Å². The molecule has 4 heteroatoms. The molecule has 0 saturated carbocycles. The van der Waals surface area contributed by atoms with Crippen LogP contribution in [0, 0.1) is 21.7 Å². The maximum absolute atomic E-state index is 11.4. The summed E-state index contributed by atoms with van der Waals surface area (Å²) in [4.78, 5) is 22.4. The highest BCUT2D eigenvalue weighted by atomic mass is 16.3. The zero-order valence-corrected chi connectivity index (χ0v) is 40.3. The van der Waals surface area contributed by atoms with Gasteiger partial charge in [0.15, 0.2) is 0 Å². The van der Waals surface area contributed by atoms with Gasteiger partial charge in [-0.2, -0.15) is 0 Å². The summed E-state index contributed by atoms with van der Waals surface area (Å²) in [5.41, 5.74) is 1.77. The number of ketones is 2. The summed E-state index contributed by atoms with van der Waals surface area (Å²) in [6, 6.07) is 0. The Bertz CT molecular complexity index is 824. The number of hydrogen-bond donors (Lipinski definition) is 2. The molecular formula is C50H104O4. The summed E-state index contributed by atoms with van der Waals surface area (Å²) >= 11 is 0. The number of Topliss-reactive ketones (excluding diaryl/α,β-unsaturated/α-hetero) is 2. The van der Waals surface area contributed by atoms with Gasteiger partial charge >= 0.3 is 0 Å². The lowest BCUT2D eigenvalue weighted by Gasteiger charge is -2.23. The van der Waals surface area contributed by atoms with E-state index in [4.69, 9.17) is 0 Å². The Kier molecular flexibility index (Phi) is 40.6. The monoisotopic (exact) mass is 769 g/mol. The maximum atomic E-state index is 11.4. The minimum absolute atomic E-state index is 0.0609. The second kappa shape index (κ2) is 36.6. The van der Waals surface area contributed by atoms with Gasteiger partial charge in [-0.3, -0.25) is 9.59 Å². The van der Waals surface area contributed by atoms with Crippen LogP contribution in [0.25, 0.3) is 0 Å². The molecule has 0 heterocycles. The fourth-order valence-corrected chi connectivity index (χ4v) is 5.47. The van der Waals surface area contributed by atoms with E-state index in [0.717, 1.165) is 89.9 Å². The van der Waals surface area contributed by atoms with E-state index in [-0.39, 0.29) is 12.2 Å². The normalized spacial score (nSPS) is 13.1. The number of aliphatic hydroxyl groups excluding tert-OH is 2. The minimum atomic E-state index is -0.0641. The Morgan fingerprint density at radius 2 is 0.815 bits per heavy atom. The van der Waals surface area contributed by atoms with Gasteiger partial charge in [-0.15, -0.1) is 0 Å². The summed E-state index contributed by atoms with van der Waals surface area (Å²) < 4.78 is 0. The molecule has 2 N–H and O–H groups in total. The van der Waals surface area contributed by atoms with Gasteiger partial charge in [-0.25, -0.2) is 0 Å². The topological polar surface area (TPSA) is 74.6 Å². The van der Waals surface area contributed by atoms with Crippen molar-refractivity contribution in [2.75, 3.05) is 0 Å². The maximum Gasteiger partial charge on any atom is 0.132 e. The first-order valence-corrected chi connectivity index (χ1v) is 23.5. The predicted octanol–water partition coefficient (Wildman–Crippen LogP) is 16.2. The third kappa shape index (κ3) is 45.6. The molecule has 0 aliphatic rings. The molecule has 328 valence electrons. The van der Waals surface area contributed by atoms with E-state index in [9.17, 15) is 19.8 Å². The molecule has 54 heavy (non-hydrogen) atoms. The molecule has 0 aliphatic heterocycles. The summed E-state index contributed by atoms with van der Waals surface area (Å²) in [6.45, 7) is 35.6. The first-order valence-electron chi connectivity index (χ1n) is 23.5. The number of rotatable bonds is 30. The molecule has 0 aromatic carbocycles. The molecule has 0 spiro atoms. The van der Waals surface area contributed by atoms with E-state index < -0.39 is 0 Å². The van der Waals surface area contributed by atoms with Gasteiger partial charge in [-0.1, -0.05) is 188 Å². The van der Waals surface area contributed by atoms with Crippen LogP contribution in [0.1, 0.15) is 278 Å². The predicted molar refractivity (Wildman–Crippen MR) is 243 cm³/mol. The van der Waals surface area contributed by atoms with Crippen LogP contribution in [0.2, 0.25) is 0 Å². The SMILES string of the molecule is CCC(=O)CCCCCC(C)(C)CC.CCC(O)CCCCCC(C)(C)CC.CCCCC(=O)CCC(C)(C)CC.CCCCC(O)CCC(C)(C)CC. The van der Waals surface area contributed by atoms with Crippen LogP contribution in [-0.4, -0.2) is 34.0 Å². The first kappa shape index (κ1) is 59.9. The largest absolute Gasteiger partial charge is 0.393 e. The molecule has 0 aromatic rings. The van der Waals surface area contributed by atoms with E-state index in [1.54, 1.807) is 0 Å². The molecular weight excluding hydrogens is 665 g/mol. The van der Waals surface area contributed by atoms with Crippen molar-refractivity contribution in [3.8, 4) is 0 Å². The number of aliphatic hydroxyl groups is 2. The lowest BCUT2D eigenvalue weighted by Crippen LogP contribution is -2.15. The fourth-order valence-electron chi connectivity index (χ4n) is 5.47. The Morgan fingerprint density at radius 1 is 0.407 bits per heavy atom. The van der Waals surface area contributed by atoms with Crippen molar-refractivity contribution in [3.63, 3.8) is 0 Å². The van der Waals surface area contributed by atoms with E-state index in [2.05, 4.69) is 96.9 Å². The number of unbranched alkanes of at least 4 members (excludes halogenated alkanes) is 6. The highest BCUT2D eigenvalue weighted by Crippen LogP contribution is 2.29. The van der Waals surface area contributed by atoms with Crippen molar-refractivity contribution in [3.05, 3.63) is 0 Å². The minimum Gasteiger partial charge on any atom is -0.393 e. The Labute approximate surface area is 342 Å². The molecule has 0 bridgehead atoms. The average Bonchev–Trinajstić information content (AvgIpc) is 3.14. The van der Waals surface area contributed by atoms with Gasteiger partial charge in [0.25, 0.3) is 0 Å². The number of carbonyl (C=O) groups is 2.